The highest BCUT2D eigenvalue weighted by atomic mass is 127. The molecule has 0 heterocycles. The molecular weight excluding hydrogens is 544 g/mol. The smallest absolute Gasteiger partial charge is 0.0533 e. The van der Waals surface area contributed by atoms with Gasteiger partial charge in [0.15, 0.2) is 0 Å². The summed E-state index contributed by atoms with van der Waals surface area (Å²) in [4.78, 5) is 0. The van der Waals surface area contributed by atoms with Crippen LogP contribution in [0.3, 0.4) is 0 Å². The molecular formula is C11H34I3P. The summed E-state index contributed by atoms with van der Waals surface area (Å²) in [7, 11) is 0. The third kappa shape index (κ3) is 31.5. The summed E-state index contributed by atoms with van der Waals surface area (Å²) in [5.41, 5.74) is 0. The predicted octanol–water partition coefficient (Wildman–Crippen LogP) is 6.94. The molecule has 0 aromatic rings. The molecule has 1 atom stereocenters. The van der Waals surface area contributed by atoms with E-state index in [0.29, 0.717) is 0 Å². The van der Waals surface area contributed by atoms with Crippen LogP contribution >= 0.6 is 81.8 Å². The Hall–Kier alpha value is 2.62. The first kappa shape index (κ1) is 43.2. The predicted molar refractivity (Wildman–Crippen MR) is 114 cm³/mol. The Kier molecular flexibility index (Phi) is 103. The van der Waals surface area contributed by atoms with Crippen molar-refractivity contribution in [2.75, 3.05) is 0 Å². The summed E-state index contributed by atoms with van der Waals surface area (Å²) < 4.78 is 0. The van der Waals surface area contributed by atoms with Crippen molar-refractivity contribution in [2.45, 2.75) is 73.6 Å². The van der Waals surface area contributed by atoms with Crippen molar-refractivity contribution < 1.29 is 0 Å². The zero-order valence-electron chi connectivity index (χ0n) is 7.59. The fraction of sp³-hybridized carbons (Fsp3) is 1.00. The van der Waals surface area contributed by atoms with Crippen molar-refractivity contribution in [3.8, 4) is 0 Å². The first-order valence-electron chi connectivity index (χ1n) is 4.00. The fourth-order valence-corrected chi connectivity index (χ4v) is 0.500. The minimum Gasteiger partial charge on any atom is -0.153 e. The van der Waals surface area contributed by atoms with Crippen LogP contribution in [0.5, 0.6) is 0 Å². The van der Waals surface area contributed by atoms with Crippen LogP contribution in [0.25, 0.3) is 0 Å². The van der Waals surface area contributed by atoms with E-state index in [9.17, 15) is 0 Å². The van der Waals surface area contributed by atoms with Gasteiger partial charge in [-0.3, -0.25) is 0 Å². The summed E-state index contributed by atoms with van der Waals surface area (Å²) in [6.07, 6.45) is 12.0. The lowest BCUT2D eigenvalue weighted by Gasteiger charge is -2.05. The average molecular weight is 578 g/mol. The molecule has 4 heteroatoms. The van der Waals surface area contributed by atoms with Crippen molar-refractivity contribution in [3.63, 3.8) is 0 Å². The topological polar surface area (TPSA) is 0 Å². The number of rotatable bonds is 0. The van der Waals surface area contributed by atoms with E-state index in [1.54, 1.807) is 0 Å². The Morgan fingerprint density at radius 3 is 0.400 bits per heavy atom. The monoisotopic (exact) mass is 578 g/mol. The quantitative estimate of drug-likeness (QED) is 0.216. The van der Waals surface area contributed by atoms with Gasteiger partial charge in [0.1, 0.15) is 0 Å². The van der Waals surface area contributed by atoms with E-state index < -0.39 is 0 Å². The maximum Gasteiger partial charge on any atom is -0.0533 e. The fourth-order valence-electron chi connectivity index (χ4n) is 0.500. The third-order valence-electron chi connectivity index (χ3n) is 2.00. The van der Waals surface area contributed by atoms with E-state index in [0.717, 1.165) is 0 Å². The molecule has 2 saturated carbocycles. The number of halogens is 3. The molecule has 1 unspecified atom stereocenters. The summed E-state index contributed by atoms with van der Waals surface area (Å²) in [5.74, 6) is 0. The highest BCUT2D eigenvalue weighted by molar-refractivity contribution is 14.0. The Balaban J connectivity index is -0.0000000116. The van der Waals surface area contributed by atoms with Crippen molar-refractivity contribution in [3.05, 3.63) is 0 Å². The molecule has 2 aliphatic rings. The largest absolute Gasteiger partial charge is 0.153 e. The Morgan fingerprint density at radius 2 is 0.400 bits per heavy atom. The molecule has 0 N–H and O–H groups in total. The van der Waals surface area contributed by atoms with Crippen molar-refractivity contribution >= 4 is 81.8 Å². The van der Waals surface area contributed by atoms with Crippen LogP contribution in [0.2, 0.25) is 0 Å². The molecule has 0 aromatic heterocycles. The molecule has 0 bridgehead atoms. The van der Waals surface area contributed by atoms with Crippen LogP contribution < -0.4 is 0 Å². The van der Waals surface area contributed by atoms with Crippen molar-refractivity contribution in [2.24, 2.45) is 0 Å². The molecule has 0 radical (unpaired) electrons. The van der Waals surface area contributed by atoms with Gasteiger partial charge in [-0.15, -0.1) is 71.9 Å². The van der Waals surface area contributed by atoms with Crippen LogP contribution in [0.15, 0.2) is 0 Å². The standard InChI is InChI=1S/2C4H8.3CH4.3HI.H3P/c2*1-2-4-3-1;;;;;;;/h2*1-4H2;3*1H4;3*1H;1H3. The molecule has 2 aliphatic carbocycles. The first-order valence-corrected chi connectivity index (χ1v) is 4.00. The minimum atomic E-state index is 0. The van der Waals surface area contributed by atoms with E-state index in [4.69, 9.17) is 0 Å². The van der Waals surface area contributed by atoms with Gasteiger partial charge >= 0.3 is 0 Å². The van der Waals surface area contributed by atoms with E-state index in [-0.39, 0.29) is 104 Å². The van der Waals surface area contributed by atoms with E-state index in [1.165, 1.54) is 51.4 Å². The Morgan fingerprint density at radius 1 is 0.333 bits per heavy atom. The van der Waals surface area contributed by atoms with Gasteiger partial charge in [0.05, 0.1) is 0 Å². The summed E-state index contributed by atoms with van der Waals surface area (Å²) >= 11 is 0. The van der Waals surface area contributed by atoms with Crippen molar-refractivity contribution in [1.29, 1.82) is 0 Å². The number of hydrogen-bond acceptors (Lipinski definition) is 0. The third-order valence-corrected chi connectivity index (χ3v) is 2.00. The lowest BCUT2D eigenvalue weighted by molar-refractivity contribution is 0.504. The minimum absolute atomic E-state index is 0. The second-order valence-electron chi connectivity index (χ2n) is 2.83. The second-order valence-corrected chi connectivity index (χ2v) is 2.83. The lowest BCUT2D eigenvalue weighted by atomic mass is 10.0. The van der Waals surface area contributed by atoms with Gasteiger partial charge in [0, 0.05) is 0 Å². The van der Waals surface area contributed by atoms with Gasteiger partial charge in [0.25, 0.3) is 0 Å². The van der Waals surface area contributed by atoms with Crippen LogP contribution in [-0.4, -0.2) is 0 Å². The van der Waals surface area contributed by atoms with Gasteiger partial charge in [-0.2, -0.15) is 9.90 Å². The second kappa shape index (κ2) is 36.0. The van der Waals surface area contributed by atoms with Gasteiger partial charge in [-0.25, -0.2) is 0 Å². The van der Waals surface area contributed by atoms with Gasteiger partial charge in [-0.05, 0) is 0 Å². The molecule has 0 spiro atoms. The van der Waals surface area contributed by atoms with E-state index in [2.05, 4.69) is 0 Å². The van der Waals surface area contributed by atoms with Crippen molar-refractivity contribution in [1.82, 2.24) is 0 Å². The average Bonchev–Trinajstić information content (AvgIpc) is 1.12. The molecule has 15 heavy (non-hydrogen) atoms. The first-order chi connectivity index (χ1) is 4.00. The summed E-state index contributed by atoms with van der Waals surface area (Å²) in [6.45, 7) is 0. The number of hydrogen-bond donors (Lipinski definition) is 0. The highest BCUT2D eigenvalue weighted by Gasteiger charge is 1.95. The maximum absolute atomic E-state index is 1.50. The summed E-state index contributed by atoms with van der Waals surface area (Å²) in [5, 5.41) is 0. The maximum atomic E-state index is 1.50. The highest BCUT2D eigenvalue weighted by Crippen LogP contribution is 2.15. The molecule has 104 valence electrons. The van der Waals surface area contributed by atoms with E-state index in [1.807, 2.05) is 0 Å². The van der Waals surface area contributed by atoms with Crippen LogP contribution in [0, 0.1) is 0 Å². The Labute approximate surface area is 154 Å². The zero-order valence-corrected chi connectivity index (χ0v) is 16.0. The molecule has 2 rings (SSSR count). The molecule has 2 fully saturated rings. The van der Waals surface area contributed by atoms with E-state index >= 15 is 0 Å². The van der Waals surface area contributed by atoms with Crippen LogP contribution in [0.4, 0.5) is 0 Å². The van der Waals surface area contributed by atoms with Crippen LogP contribution in [0.1, 0.15) is 73.6 Å². The lowest BCUT2D eigenvalue weighted by Crippen LogP contribution is -1.85. The summed E-state index contributed by atoms with van der Waals surface area (Å²) in [6, 6.07) is 0. The van der Waals surface area contributed by atoms with Crippen LogP contribution in [-0.2, 0) is 0 Å². The molecule has 0 aromatic carbocycles. The molecule has 0 aliphatic heterocycles. The van der Waals surface area contributed by atoms with Gasteiger partial charge in [0.2, 0.25) is 0 Å². The van der Waals surface area contributed by atoms with Gasteiger partial charge < -0.3 is 0 Å². The molecule has 0 saturated heterocycles. The van der Waals surface area contributed by atoms with Gasteiger partial charge in [-0.1, -0.05) is 73.6 Å². The molecule has 0 nitrogen and oxygen atoms in total. The molecule has 0 amide bonds. The Bertz CT molecular complexity index is 39.8. The SMILES string of the molecule is C.C.C.C1CCC1.C1CCC1.I.I.I.P. The normalized spacial score (nSPS) is 12.8. The zero-order chi connectivity index (χ0) is 5.66.